The van der Waals surface area contributed by atoms with Gasteiger partial charge < -0.3 is 10.2 Å². The van der Waals surface area contributed by atoms with Crippen molar-refractivity contribution in [1.29, 1.82) is 0 Å². The highest BCUT2D eigenvalue weighted by atomic mass is 19.4. The van der Waals surface area contributed by atoms with Gasteiger partial charge in [-0.1, -0.05) is 0 Å². The van der Waals surface area contributed by atoms with E-state index in [1.807, 2.05) is 0 Å². The van der Waals surface area contributed by atoms with Crippen molar-refractivity contribution in [3.8, 4) is 0 Å². The van der Waals surface area contributed by atoms with Crippen LogP contribution in [0.1, 0.15) is 19.8 Å². The van der Waals surface area contributed by atoms with Gasteiger partial charge in [0.25, 0.3) is 0 Å². The van der Waals surface area contributed by atoms with E-state index < -0.39 is 12.1 Å². The first-order valence-electron chi connectivity index (χ1n) is 5.39. The summed E-state index contributed by atoms with van der Waals surface area (Å²) in [6, 6.07) is -0.331. The maximum absolute atomic E-state index is 12.4. The molecule has 0 radical (unpaired) electrons. The first-order chi connectivity index (χ1) is 7.36. The Morgan fingerprint density at radius 3 is 2.25 bits per heavy atom. The highest BCUT2D eigenvalue weighted by molar-refractivity contribution is 5.81. The predicted octanol–water partition coefficient (Wildman–Crippen LogP) is 1.40. The number of carbonyl (C=O) groups excluding carboxylic acids is 1. The van der Waals surface area contributed by atoms with Gasteiger partial charge >= 0.3 is 6.18 Å². The predicted molar refractivity (Wildman–Crippen MR) is 53.9 cm³/mol. The maximum atomic E-state index is 12.4. The minimum absolute atomic E-state index is 0.0195. The second-order valence-corrected chi connectivity index (χ2v) is 4.15. The molecule has 1 atom stereocenters. The Morgan fingerprint density at radius 1 is 1.38 bits per heavy atom. The lowest BCUT2D eigenvalue weighted by Gasteiger charge is -2.34. The molecular formula is C10H17F3N2O. The Balaban J connectivity index is 2.46. The third-order valence-corrected chi connectivity index (χ3v) is 3.07. The average Bonchev–Trinajstić information content (AvgIpc) is 2.26. The Labute approximate surface area is 93.0 Å². The molecule has 1 aliphatic heterocycles. The monoisotopic (exact) mass is 238 g/mol. The number of rotatable bonds is 2. The smallest absolute Gasteiger partial charge is 0.341 e. The van der Waals surface area contributed by atoms with Crippen LogP contribution in [-0.4, -0.2) is 43.2 Å². The van der Waals surface area contributed by atoms with E-state index in [1.54, 1.807) is 14.0 Å². The van der Waals surface area contributed by atoms with Gasteiger partial charge in [-0.15, -0.1) is 0 Å². The third-order valence-electron chi connectivity index (χ3n) is 3.07. The summed E-state index contributed by atoms with van der Waals surface area (Å²) in [6.45, 7) is 2.11. The normalized spacial score (nSPS) is 20.9. The lowest BCUT2D eigenvalue weighted by molar-refractivity contribution is -0.186. The molecule has 1 amide bonds. The van der Waals surface area contributed by atoms with Gasteiger partial charge in [-0.25, -0.2) is 0 Å². The lowest BCUT2D eigenvalue weighted by atomic mass is 9.96. The topological polar surface area (TPSA) is 32.3 Å². The summed E-state index contributed by atoms with van der Waals surface area (Å²) in [5, 5.41) is 2.79. The number of hydrogen-bond donors (Lipinski definition) is 1. The highest BCUT2D eigenvalue weighted by Gasteiger charge is 2.41. The van der Waals surface area contributed by atoms with Crippen LogP contribution in [0.25, 0.3) is 0 Å². The van der Waals surface area contributed by atoms with Gasteiger partial charge in [-0.05, 0) is 26.8 Å². The number of piperidine rings is 1. The van der Waals surface area contributed by atoms with Crippen molar-refractivity contribution >= 4 is 5.91 Å². The summed E-state index contributed by atoms with van der Waals surface area (Å²) in [7, 11) is 1.66. The fourth-order valence-electron chi connectivity index (χ4n) is 1.82. The molecule has 1 aliphatic rings. The van der Waals surface area contributed by atoms with Crippen LogP contribution in [0.2, 0.25) is 0 Å². The molecule has 6 heteroatoms. The molecule has 3 nitrogen and oxygen atoms in total. The van der Waals surface area contributed by atoms with Gasteiger partial charge in [0, 0.05) is 13.1 Å². The Hall–Kier alpha value is -0.780. The van der Waals surface area contributed by atoms with Gasteiger partial charge in [0.15, 0.2) is 0 Å². The molecule has 94 valence electrons. The zero-order valence-electron chi connectivity index (χ0n) is 9.47. The van der Waals surface area contributed by atoms with Crippen molar-refractivity contribution in [3.05, 3.63) is 0 Å². The third kappa shape index (κ3) is 3.10. The van der Waals surface area contributed by atoms with Gasteiger partial charge in [0.2, 0.25) is 5.91 Å². The Kier molecular flexibility index (Phi) is 4.18. The number of halogens is 3. The standard InChI is InChI=1S/C10H17F3N2O/c1-7(14-2)9(16)15-5-3-8(4-6-15)10(11,12)13/h7-8,14H,3-6H2,1-2H3. The van der Waals surface area contributed by atoms with Crippen molar-refractivity contribution in [2.24, 2.45) is 5.92 Å². The van der Waals surface area contributed by atoms with E-state index in [9.17, 15) is 18.0 Å². The van der Waals surface area contributed by atoms with E-state index >= 15 is 0 Å². The summed E-state index contributed by atoms with van der Waals surface area (Å²) in [5.41, 5.74) is 0. The molecule has 0 bridgehead atoms. The Bertz CT molecular complexity index is 247. The average molecular weight is 238 g/mol. The van der Waals surface area contributed by atoms with Crippen LogP contribution >= 0.6 is 0 Å². The highest BCUT2D eigenvalue weighted by Crippen LogP contribution is 2.34. The van der Waals surface area contributed by atoms with Gasteiger partial charge in [-0.3, -0.25) is 4.79 Å². The minimum atomic E-state index is -4.12. The molecule has 0 aromatic heterocycles. The first-order valence-corrected chi connectivity index (χ1v) is 5.39. The van der Waals surface area contributed by atoms with Crippen molar-refractivity contribution < 1.29 is 18.0 Å². The van der Waals surface area contributed by atoms with Crippen LogP contribution in [0.15, 0.2) is 0 Å². The second-order valence-electron chi connectivity index (χ2n) is 4.15. The number of nitrogens with one attached hydrogen (secondary N) is 1. The van der Waals surface area contributed by atoms with Crippen LogP contribution in [0.3, 0.4) is 0 Å². The van der Waals surface area contributed by atoms with E-state index in [1.165, 1.54) is 4.90 Å². The van der Waals surface area contributed by atoms with E-state index in [-0.39, 0.29) is 37.9 Å². The number of carbonyl (C=O) groups is 1. The molecule has 0 spiro atoms. The van der Waals surface area contributed by atoms with Gasteiger partial charge in [0.05, 0.1) is 12.0 Å². The second kappa shape index (κ2) is 5.03. The van der Waals surface area contributed by atoms with Gasteiger partial charge in [-0.2, -0.15) is 13.2 Å². The number of hydrogen-bond acceptors (Lipinski definition) is 2. The molecule has 1 saturated heterocycles. The molecule has 1 rings (SSSR count). The van der Waals surface area contributed by atoms with E-state index in [4.69, 9.17) is 0 Å². The number of nitrogens with zero attached hydrogens (tertiary/aromatic N) is 1. The number of likely N-dealkylation sites (tertiary alicyclic amines) is 1. The van der Waals surface area contributed by atoms with Crippen molar-refractivity contribution in [2.75, 3.05) is 20.1 Å². The molecule has 0 aromatic rings. The van der Waals surface area contributed by atoms with Crippen molar-refractivity contribution in [1.82, 2.24) is 10.2 Å². The van der Waals surface area contributed by atoms with Crippen molar-refractivity contribution in [3.63, 3.8) is 0 Å². The van der Waals surface area contributed by atoms with E-state index in [0.29, 0.717) is 0 Å². The molecule has 0 aliphatic carbocycles. The van der Waals surface area contributed by atoms with Crippen LogP contribution in [0, 0.1) is 5.92 Å². The molecule has 1 heterocycles. The van der Waals surface area contributed by atoms with Crippen molar-refractivity contribution in [2.45, 2.75) is 32.0 Å². The first kappa shape index (κ1) is 13.3. The van der Waals surface area contributed by atoms with E-state index in [0.717, 1.165) is 0 Å². The van der Waals surface area contributed by atoms with Gasteiger partial charge in [0.1, 0.15) is 0 Å². The zero-order chi connectivity index (χ0) is 12.3. The summed E-state index contributed by atoms with van der Waals surface area (Å²) in [6.07, 6.45) is -4.08. The quantitative estimate of drug-likeness (QED) is 0.788. The molecule has 16 heavy (non-hydrogen) atoms. The molecule has 1 unspecified atom stereocenters. The fraction of sp³-hybridized carbons (Fsp3) is 0.900. The van der Waals surface area contributed by atoms with Crippen LogP contribution in [-0.2, 0) is 4.79 Å². The summed E-state index contributed by atoms with van der Waals surface area (Å²) in [4.78, 5) is 13.2. The molecule has 0 saturated carbocycles. The maximum Gasteiger partial charge on any atom is 0.391 e. The minimum Gasteiger partial charge on any atom is -0.341 e. The lowest BCUT2D eigenvalue weighted by Crippen LogP contribution is -2.48. The summed E-state index contributed by atoms with van der Waals surface area (Å²) in [5.74, 6) is -1.37. The van der Waals surface area contributed by atoms with Crippen LogP contribution < -0.4 is 5.32 Å². The number of likely N-dealkylation sites (N-methyl/N-ethyl adjacent to an activating group) is 1. The molecule has 1 fully saturated rings. The zero-order valence-corrected chi connectivity index (χ0v) is 9.47. The molecule has 0 aromatic carbocycles. The number of alkyl halides is 3. The number of amides is 1. The van der Waals surface area contributed by atoms with Crippen LogP contribution in [0.5, 0.6) is 0 Å². The fourth-order valence-corrected chi connectivity index (χ4v) is 1.82. The molecular weight excluding hydrogens is 221 g/mol. The SMILES string of the molecule is CNC(C)C(=O)N1CCC(C(F)(F)F)CC1. The Morgan fingerprint density at radius 2 is 1.88 bits per heavy atom. The van der Waals surface area contributed by atoms with E-state index in [2.05, 4.69) is 5.32 Å². The molecule has 1 N–H and O–H groups in total. The summed E-state index contributed by atoms with van der Waals surface area (Å²) < 4.78 is 37.1. The van der Waals surface area contributed by atoms with Crippen LogP contribution in [0.4, 0.5) is 13.2 Å². The largest absolute Gasteiger partial charge is 0.391 e. The summed E-state index contributed by atoms with van der Waals surface area (Å²) >= 11 is 0.